The van der Waals surface area contributed by atoms with E-state index in [1.165, 1.54) is 0 Å². The standard InChI is InChI=1S/C19H26N2O4S/c1-15-13-16-5-3-4-6-17(16)20(15)9-7-18(23)21(10-11-22)19(2)8-12-26(24,25)14-19/h3-6,13,22H,7-12,14H2,1-2H3. The highest BCUT2D eigenvalue weighted by molar-refractivity contribution is 7.91. The summed E-state index contributed by atoms with van der Waals surface area (Å²) in [5.41, 5.74) is 1.44. The molecule has 2 aromatic rings. The van der Waals surface area contributed by atoms with Crippen molar-refractivity contribution in [3.63, 3.8) is 0 Å². The van der Waals surface area contributed by atoms with Crippen molar-refractivity contribution in [1.29, 1.82) is 0 Å². The summed E-state index contributed by atoms with van der Waals surface area (Å²) in [7, 11) is -3.13. The Morgan fingerprint density at radius 2 is 2.08 bits per heavy atom. The Hall–Kier alpha value is -1.86. The zero-order valence-corrected chi connectivity index (χ0v) is 16.1. The van der Waals surface area contributed by atoms with Gasteiger partial charge in [-0.15, -0.1) is 0 Å². The van der Waals surface area contributed by atoms with E-state index in [2.05, 4.69) is 10.6 Å². The number of aliphatic hydroxyl groups is 1. The van der Waals surface area contributed by atoms with Crippen molar-refractivity contribution in [3.05, 3.63) is 36.0 Å². The number of aromatic nitrogens is 1. The van der Waals surface area contributed by atoms with Gasteiger partial charge < -0.3 is 14.6 Å². The number of carbonyl (C=O) groups excluding carboxylic acids is 1. The van der Waals surface area contributed by atoms with Crippen LogP contribution in [0.4, 0.5) is 0 Å². The number of hydrogen-bond donors (Lipinski definition) is 1. The van der Waals surface area contributed by atoms with Crippen molar-refractivity contribution in [2.24, 2.45) is 0 Å². The van der Waals surface area contributed by atoms with E-state index in [0.717, 1.165) is 16.6 Å². The van der Waals surface area contributed by atoms with Crippen LogP contribution < -0.4 is 0 Å². The van der Waals surface area contributed by atoms with E-state index in [9.17, 15) is 18.3 Å². The van der Waals surface area contributed by atoms with Gasteiger partial charge in [0.2, 0.25) is 5.91 Å². The number of carbonyl (C=O) groups is 1. The molecule has 3 rings (SSSR count). The first-order valence-electron chi connectivity index (χ1n) is 8.92. The minimum Gasteiger partial charge on any atom is -0.395 e. The molecule has 26 heavy (non-hydrogen) atoms. The van der Waals surface area contributed by atoms with E-state index < -0.39 is 15.4 Å². The maximum Gasteiger partial charge on any atom is 0.224 e. The predicted octanol–water partition coefficient (Wildman–Crippen LogP) is 1.74. The average molecular weight is 378 g/mol. The van der Waals surface area contributed by atoms with Crippen molar-refractivity contribution in [2.45, 2.75) is 38.8 Å². The Morgan fingerprint density at radius 3 is 2.73 bits per heavy atom. The molecule has 1 amide bonds. The summed E-state index contributed by atoms with van der Waals surface area (Å²) in [6.07, 6.45) is 0.696. The minimum absolute atomic E-state index is 0.0305. The Labute approximate surface area is 154 Å². The largest absolute Gasteiger partial charge is 0.395 e. The van der Waals surface area contributed by atoms with Gasteiger partial charge in [0, 0.05) is 30.7 Å². The molecule has 142 valence electrons. The van der Waals surface area contributed by atoms with Gasteiger partial charge in [-0.2, -0.15) is 0 Å². The third-order valence-electron chi connectivity index (χ3n) is 5.33. The first kappa shape index (κ1) is 18.9. The summed E-state index contributed by atoms with van der Waals surface area (Å²) in [5.74, 6) is -0.0482. The van der Waals surface area contributed by atoms with Crippen LogP contribution in [0.25, 0.3) is 10.9 Å². The number of nitrogens with zero attached hydrogens (tertiary/aromatic N) is 2. The van der Waals surface area contributed by atoms with Crippen molar-refractivity contribution >= 4 is 26.6 Å². The van der Waals surface area contributed by atoms with E-state index in [1.807, 2.05) is 31.2 Å². The van der Waals surface area contributed by atoms with Gasteiger partial charge in [-0.1, -0.05) is 18.2 Å². The highest BCUT2D eigenvalue weighted by Crippen LogP contribution is 2.30. The number of amides is 1. The van der Waals surface area contributed by atoms with Gasteiger partial charge in [0.25, 0.3) is 0 Å². The molecule has 0 aliphatic carbocycles. The molecule has 1 aromatic heterocycles. The van der Waals surface area contributed by atoms with E-state index in [0.29, 0.717) is 13.0 Å². The SMILES string of the molecule is Cc1cc2ccccc2n1CCC(=O)N(CCO)C1(C)CCS(=O)(=O)C1. The van der Waals surface area contributed by atoms with Crippen LogP contribution in [0.3, 0.4) is 0 Å². The van der Waals surface area contributed by atoms with Crippen molar-refractivity contribution in [1.82, 2.24) is 9.47 Å². The second-order valence-electron chi connectivity index (χ2n) is 7.35. The van der Waals surface area contributed by atoms with Crippen molar-refractivity contribution in [3.8, 4) is 0 Å². The average Bonchev–Trinajstić information content (AvgIpc) is 3.05. The highest BCUT2D eigenvalue weighted by Gasteiger charge is 2.44. The van der Waals surface area contributed by atoms with E-state index >= 15 is 0 Å². The number of β-amino-alcohol motifs (C(OH)–C–C–N with tert-alkyl or cyclic N) is 1. The molecule has 0 saturated carbocycles. The summed E-state index contributed by atoms with van der Waals surface area (Å²) in [4.78, 5) is 14.5. The van der Waals surface area contributed by atoms with Crippen LogP contribution in [0.15, 0.2) is 30.3 Å². The van der Waals surface area contributed by atoms with Crippen LogP contribution in [0.2, 0.25) is 0 Å². The first-order chi connectivity index (χ1) is 12.3. The monoisotopic (exact) mass is 378 g/mol. The van der Waals surface area contributed by atoms with Crippen LogP contribution in [-0.4, -0.2) is 59.1 Å². The molecule has 1 N–H and O–H groups in total. The van der Waals surface area contributed by atoms with Gasteiger partial charge in [-0.05, 0) is 37.8 Å². The fourth-order valence-corrected chi connectivity index (χ4v) is 6.13. The number of rotatable bonds is 6. The number of aryl methyl sites for hydroxylation is 2. The molecular formula is C19H26N2O4S. The number of para-hydroxylation sites is 1. The number of aliphatic hydroxyl groups excluding tert-OH is 1. The van der Waals surface area contributed by atoms with E-state index in [1.54, 1.807) is 11.8 Å². The fraction of sp³-hybridized carbons (Fsp3) is 0.526. The topological polar surface area (TPSA) is 79.6 Å². The molecule has 0 spiro atoms. The zero-order valence-electron chi connectivity index (χ0n) is 15.3. The summed E-state index contributed by atoms with van der Waals surface area (Å²) < 4.78 is 25.9. The predicted molar refractivity (Wildman–Crippen MR) is 102 cm³/mol. The quantitative estimate of drug-likeness (QED) is 0.830. The summed E-state index contributed by atoms with van der Waals surface area (Å²) in [6.45, 7) is 4.34. The third-order valence-corrected chi connectivity index (χ3v) is 7.21. The molecule has 0 bridgehead atoms. The maximum atomic E-state index is 12.9. The Kier molecular flexibility index (Phi) is 5.12. The Bertz CT molecular complexity index is 919. The minimum atomic E-state index is -3.13. The van der Waals surface area contributed by atoms with Crippen LogP contribution in [0.5, 0.6) is 0 Å². The van der Waals surface area contributed by atoms with Gasteiger partial charge in [0.15, 0.2) is 9.84 Å². The maximum absolute atomic E-state index is 12.9. The first-order valence-corrected chi connectivity index (χ1v) is 10.7. The number of sulfone groups is 1. The second kappa shape index (κ2) is 7.04. The van der Waals surface area contributed by atoms with Crippen LogP contribution in [0, 0.1) is 6.92 Å². The van der Waals surface area contributed by atoms with Gasteiger partial charge in [-0.25, -0.2) is 8.42 Å². The van der Waals surface area contributed by atoms with E-state index in [4.69, 9.17) is 0 Å². The van der Waals surface area contributed by atoms with Gasteiger partial charge in [-0.3, -0.25) is 4.79 Å². The lowest BCUT2D eigenvalue weighted by atomic mass is 9.98. The molecule has 1 fully saturated rings. The van der Waals surface area contributed by atoms with Crippen molar-refractivity contribution < 1.29 is 18.3 Å². The third kappa shape index (κ3) is 3.64. The fourth-order valence-electron chi connectivity index (χ4n) is 3.99. The summed E-state index contributed by atoms with van der Waals surface area (Å²) in [5, 5.41) is 10.5. The lowest BCUT2D eigenvalue weighted by molar-refractivity contribution is -0.137. The Balaban J connectivity index is 1.77. The van der Waals surface area contributed by atoms with E-state index in [-0.39, 0.29) is 37.0 Å². The normalized spacial score (nSPS) is 22.0. The molecule has 1 saturated heterocycles. The molecule has 6 nitrogen and oxygen atoms in total. The molecule has 1 aromatic carbocycles. The number of fused-ring (bicyclic) bond motifs is 1. The molecule has 0 radical (unpaired) electrons. The Morgan fingerprint density at radius 1 is 1.35 bits per heavy atom. The lowest BCUT2D eigenvalue weighted by Gasteiger charge is -2.37. The molecule has 7 heteroatoms. The second-order valence-corrected chi connectivity index (χ2v) is 9.54. The molecule has 2 heterocycles. The summed E-state index contributed by atoms with van der Waals surface area (Å²) in [6, 6.07) is 10.1. The molecule has 1 aliphatic rings. The smallest absolute Gasteiger partial charge is 0.224 e. The van der Waals surface area contributed by atoms with Crippen molar-refractivity contribution in [2.75, 3.05) is 24.7 Å². The number of hydrogen-bond acceptors (Lipinski definition) is 4. The van der Waals surface area contributed by atoms with Gasteiger partial charge >= 0.3 is 0 Å². The number of benzene rings is 1. The zero-order chi connectivity index (χ0) is 18.9. The summed E-state index contributed by atoms with van der Waals surface area (Å²) >= 11 is 0. The molecule has 1 aliphatic heterocycles. The molecular weight excluding hydrogens is 352 g/mol. The highest BCUT2D eigenvalue weighted by atomic mass is 32.2. The van der Waals surface area contributed by atoms with Gasteiger partial charge in [0.1, 0.15) is 0 Å². The van der Waals surface area contributed by atoms with Crippen LogP contribution in [0.1, 0.15) is 25.5 Å². The lowest BCUT2D eigenvalue weighted by Crippen LogP contribution is -2.52. The molecule has 1 atom stereocenters. The van der Waals surface area contributed by atoms with Gasteiger partial charge in [0.05, 0.1) is 23.7 Å². The van der Waals surface area contributed by atoms with Crippen LogP contribution in [-0.2, 0) is 21.2 Å². The molecule has 1 unspecified atom stereocenters. The van der Waals surface area contributed by atoms with Crippen LogP contribution >= 0.6 is 0 Å².